The molecule has 1 heterocycles. The van der Waals surface area contributed by atoms with Crippen LogP contribution in [0.3, 0.4) is 0 Å². The molecule has 0 aliphatic heterocycles. The Labute approximate surface area is 164 Å². The van der Waals surface area contributed by atoms with E-state index >= 15 is 0 Å². The number of hydrogen-bond acceptors (Lipinski definition) is 4. The molecule has 0 saturated carbocycles. The predicted molar refractivity (Wildman–Crippen MR) is 108 cm³/mol. The largest absolute Gasteiger partial charge is 0.478 e. The summed E-state index contributed by atoms with van der Waals surface area (Å²) in [6, 6.07) is 14.9. The van der Waals surface area contributed by atoms with E-state index < -0.39 is 5.97 Å². The van der Waals surface area contributed by atoms with E-state index in [0.717, 1.165) is 29.8 Å². The lowest BCUT2D eigenvalue weighted by molar-refractivity contribution is 0.0697. The van der Waals surface area contributed by atoms with Gasteiger partial charge in [-0.1, -0.05) is 56.3 Å². The number of aromatic nitrogens is 3. The third-order valence-corrected chi connectivity index (χ3v) is 4.63. The number of benzene rings is 2. The summed E-state index contributed by atoms with van der Waals surface area (Å²) >= 11 is 4.28. The Morgan fingerprint density at radius 3 is 2.52 bits per heavy atom. The molecule has 0 saturated heterocycles. The van der Waals surface area contributed by atoms with Crippen LogP contribution in [0.2, 0.25) is 0 Å². The van der Waals surface area contributed by atoms with Crippen LogP contribution in [0.15, 0.2) is 53.7 Å². The lowest BCUT2D eigenvalue weighted by Gasteiger charge is -2.09. The fourth-order valence-corrected chi connectivity index (χ4v) is 3.20. The van der Waals surface area contributed by atoms with Crippen LogP contribution in [0.4, 0.5) is 0 Å². The predicted octanol–water partition coefficient (Wildman–Crippen LogP) is 4.57. The van der Waals surface area contributed by atoms with Gasteiger partial charge in [0.2, 0.25) is 5.16 Å². The van der Waals surface area contributed by atoms with Gasteiger partial charge in [0, 0.05) is 6.42 Å². The maximum absolute atomic E-state index is 11.4. The Bertz CT molecular complexity index is 933. The van der Waals surface area contributed by atoms with Crippen LogP contribution < -0.4 is 0 Å². The zero-order chi connectivity index (χ0) is 19.4. The zero-order valence-electron chi connectivity index (χ0n) is 15.5. The lowest BCUT2D eigenvalue weighted by Crippen LogP contribution is -2.08. The van der Waals surface area contributed by atoms with Gasteiger partial charge < -0.3 is 5.11 Å². The molecule has 140 valence electrons. The summed E-state index contributed by atoms with van der Waals surface area (Å²) in [6.07, 6.45) is 1.92. The van der Waals surface area contributed by atoms with E-state index in [9.17, 15) is 9.90 Å². The third-order valence-electron chi connectivity index (χ3n) is 4.44. The van der Waals surface area contributed by atoms with Crippen molar-refractivity contribution >= 4 is 18.6 Å². The molecule has 6 heteroatoms. The first-order valence-corrected chi connectivity index (χ1v) is 9.43. The second-order valence-electron chi connectivity index (χ2n) is 6.97. The number of carboxylic acids is 1. The summed E-state index contributed by atoms with van der Waals surface area (Å²) in [5.41, 5.74) is 2.98. The van der Waals surface area contributed by atoms with Crippen molar-refractivity contribution in [3.63, 3.8) is 0 Å². The summed E-state index contributed by atoms with van der Waals surface area (Å²) in [5, 5.41) is 14.3. The van der Waals surface area contributed by atoms with Crippen molar-refractivity contribution in [1.29, 1.82) is 0 Å². The minimum absolute atomic E-state index is 0.303. The van der Waals surface area contributed by atoms with Crippen molar-refractivity contribution in [2.45, 2.75) is 38.4 Å². The molecular weight excluding hydrogens is 358 g/mol. The molecule has 0 spiro atoms. The lowest BCUT2D eigenvalue weighted by atomic mass is 9.99. The van der Waals surface area contributed by atoms with Crippen LogP contribution >= 0.6 is 12.6 Å². The van der Waals surface area contributed by atoms with Crippen molar-refractivity contribution in [1.82, 2.24) is 14.8 Å². The molecule has 0 aliphatic rings. The van der Waals surface area contributed by atoms with E-state index in [1.807, 2.05) is 41.1 Å². The summed E-state index contributed by atoms with van der Waals surface area (Å²) in [4.78, 5) is 15.9. The van der Waals surface area contributed by atoms with Crippen LogP contribution in [0.25, 0.3) is 11.1 Å². The molecule has 0 fully saturated rings. The van der Waals surface area contributed by atoms with Gasteiger partial charge in [-0.15, -0.1) is 17.7 Å². The number of aryl methyl sites for hydroxylation is 1. The number of rotatable bonds is 7. The molecule has 1 N–H and O–H groups in total. The molecule has 5 nitrogen and oxygen atoms in total. The highest BCUT2D eigenvalue weighted by atomic mass is 32.1. The van der Waals surface area contributed by atoms with Gasteiger partial charge in [-0.25, -0.2) is 14.5 Å². The Morgan fingerprint density at radius 2 is 1.85 bits per heavy atom. The highest BCUT2D eigenvalue weighted by molar-refractivity contribution is 7.80. The number of carbonyl (C=O) groups is 1. The fraction of sp³-hybridized carbons (Fsp3) is 0.286. The second-order valence-corrected chi connectivity index (χ2v) is 7.37. The van der Waals surface area contributed by atoms with Crippen molar-refractivity contribution in [3.8, 4) is 11.1 Å². The highest BCUT2D eigenvalue weighted by Crippen LogP contribution is 2.24. The summed E-state index contributed by atoms with van der Waals surface area (Å²) in [5.74, 6) is 0.620. The van der Waals surface area contributed by atoms with Crippen LogP contribution in [0.1, 0.15) is 42.0 Å². The highest BCUT2D eigenvalue weighted by Gasteiger charge is 2.12. The van der Waals surface area contributed by atoms with Gasteiger partial charge in [0.1, 0.15) is 5.82 Å². The minimum atomic E-state index is -0.923. The number of hydrogen-bond donors (Lipinski definition) is 2. The average Bonchev–Trinajstić information content (AvgIpc) is 3.00. The first kappa shape index (κ1) is 19.2. The first-order chi connectivity index (χ1) is 12.9. The zero-order valence-corrected chi connectivity index (χ0v) is 16.4. The molecule has 0 aliphatic carbocycles. The van der Waals surface area contributed by atoms with Crippen LogP contribution in [0.5, 0.6) is 0 Å². The maximum atomic E-state index is 11.4. The van der Waals surface area contributed by atoms with Crippen LogP contribution in [-0.2, 0) is 13.0 Å². The van der Waals surface area contributed by atoms with Crippen LogP contribution in [0, 0.1) is 5.92 Å². The van der Waals surface area contributed by atoms with Gasteiger partial charge in [-0.3, -0.25) is 0 Å². The van der Waals surface area contributed by atoms with Crippen molar-refractivity contribution in [2.75, 3.05) is 0 Å². The van der Waals surface area contributed by atoms with E-state index in [-0.39, 0.29) is 0 Å². The molecule has 1 aromatic heterocycles. The summed E-state index contributed by atoms with van der Waals surface area (Å²) < 4.78 is 1.89. The molecule has 27 heavy (non-hydrogen) atoms. The standard InChI is InChI=1S/C21H23N3O2S/c1-14(2)7-12-19-22-21(27)23-24(19)13-15-8-10-16(11-9-15)17-5-3-4-6-18(17)20(25)26/h3-6,8-11,14H,7,12-13H2,1-2H3,(H,23,27)(H,25,26). The SMILES string of the molecule is CC(C)CCc1nc(S)nn1Cc1ccc(-c2ccccc2C(=O)O)cc1. The normalized spacial score (nSPS) is 11.1. The van der Waals surface area contributed by atoms with E-state index in [2.05, 4.69) is 36.6 Å². The van der Waals surface area contributed by atoms with E-state index in [1.54, 1.807) is 12.1 Å². The Hall–Kier alpha value is -2.60. The molecular formula is C21H23N3O2S. The average molecular weight is 382 g/mol. The molecule has 3 aromatic rings. The monoisotopic (exact) mass is 381 g/mol. The molecule has 0 radical (unpaired) electrons. The second kappa shape index (κ2) is 8.39. The Morgan fingerprint density at radius 1 is 1.15 bits per heavy atom. The van der Waals surface area contributed by atoms with Crippen molar-refractivity contribution in [3.05, 3.63) is 65.5 Å². The number of nitrogens with zero attached hydrogens (tertiary/aromatic N) is 3. The molecule has 0 unspecified atom stereocenters. The topological polar surface area (TPSA) is 68.0 Å². The molecule has 3 rings (SSSR count). The smallest absolute Gasteiger partial charge is 0.336 e. The quantitative estimate of drug-likeness (QED) is 0.588. The first-order valence-electron chi connectivity index (χ1n) is 8.98. The Balaban J connectivity index is 1.80. The van der Waals surface area contributed by atoms with E-state index in [1.165, 1.54) is 0 Å². The third kappa shape index (κ3) is 4.77. The van der Waals surface area contributed by atoms with Gasteiger partial charge in [0.25, 0.3) is 0 Å². The maximum Gasteiger partial charge on any atom is 0.336 e. The van der Waals surface area contributed by atoms with Gasteiger partial charge >= 0.3 is 5.97 Å². The van der Waals surface area contributed by atoms with Crippen molar-refractivity contribution < 1.29 is 9.90 Å². The summed E-state index contributed by atoms with van der Waals surface area (Å²) in [6.45, 7) is 4.99. The van der Waals surface area contributed by atoms with Gasteiger partial charge in [0.15, 0.2) is 0 Å². The van der Waals surface area contributed by atoms with Gasteiger partial charge in [-0.2, -0.15) is 0 Å². The number of carboxylic acid groups (broad SMARTS) is 1. The molecule has 0 atom stereocenters. The Kier molecular flexibility index (Phi) is 5.96. The van der Waals surface area contributed by atoms with E-state index in [0.29, 0.717) is 28.7 Å². The summed E-state index contributed by atoms with van der Waals surface area (Å²) in [7, 11) is 0. The fourth-order valence-electron chi connectivity index (χ4n) is 2.97. The molecule has 0 amide bonds. The van der Waals surface area contributed by atoms with Crippen LogP contribution in [-0.4, -0.2) is 25.8 Å². The van der Waals surface area contributed by atoms with E-state index in [4.69, 9.17) is 0 Å². The number of thiol groups is 1. The van der Waals surface area contributed by atoms with Gasteiger partial charge in [0.05, 0.1) is 12.1 Å². The molecule has 2 aromatic carbocycles. The van der Waals surface area contributed by atoms with Crippen molar-refractivity contribution in [2.24, 2.45) is 5.92 Å². The van der Waals surface area contributed by atoms with Gasteiger partial charge in [-0.05, 0) is 35.1 Å². The molecule has 0 bridgehead atoms. The number of aromatic carboxylic acids is 1. The minimum Gasteiger partial charge on any atom is -0.478 e.